The van der Waals surface area contributed by atoms with Crippen molar-refractivity contribution in [3.63, 3.8) is 0 Å². The molecule has 1 saturated heterocycles. The molecule has 0 radical (unpaired) electrons. The Morgan fingerprint density at radius 1 is 0.783 bits per heavy atom. The maximum atomic E-state index is 13.0. The highest BCUT2D eigenvalue weighted by Crippen LogP contribution is 2.37. The molecule has 4 rings (SSSR count). The van der Waals surface area contributed by atoms with Crippen LogP contribution in [0.15, 0.2) is 36.4 Å². The van der Waals surface area contributed by atoms with Gasteiger partial charge in [-0.3, -0.25) is 9.59 Å². The van der Waals surface area contributed by atoms with E-state index in [0.717, 1.165) is 31.6 Å². The number of piperidine rings is 1. The molecule has 0 N–H and O–H groups in total. The van der Waals surface area contributed by atoms with Gasteiger partial charge in [-0.25, -0.2) is 0 Å². The smallest absolute Gasteiger partial charge is 0.196 e. The third-order valence-electron chi connectivity index (χ3n) is 4.70. The molecule has 23 heavy (non-hydrogen) atoms. The molecule has 4 heteroatoms. The van der Waals surface area contributed by atoms with Crippen molar-refractivity contribution in [1.82, 2.24) is 0 Å². The van der Waals surface area contributed by atoms with Crippen molar-refractivity contribution in [2.45, 2.75) is 19.3 Å². The number of benzene rings is 2. The number of hydrogen-bond donors (Lipinski definition) is 0. The van der Waals surface area contributed by atoms with Crippen LogP contribution in [-0.2, 0) is 0 Å². The zero-order chi connectivity index (χ0) is 16.0. The summed E-state index contributed by atoms with van der Waals surface area (Å²) in [6.45, 7) is 1.86. The molecule has 2 aromatic rings. The van der Waals surface area contributed by atoms with Crippen LogP contribution in [0, 0.1) is 0 Å². The molecule has 0 saturated carbocycles. The SMILES string of the molecule is O=C1c2cccc(N3CCCCC3)c2C(=O)c2cccc(Cl)c21. The number of fused-ring (bicyclic) bond motifs is 2. The molecule has 0 spiro atoms. The van der Waals surface area contributed by atoms with Crippen LogP contribution in [-0.4, -0.2) is 24.7 Å². The number of halogens is 1. The predicted molar refractivity (Wildman–Crippen MR) is 90.8 cm³/mol. The first-order chi connectivity index (χ1) is 11.2. The zero-order valence-electron chi connectivity index (χ0n) is 12.6. The Morgan fingerprint density at radius 2 is 1.39 bits per heavy atom. The number of rotatable bonds is 1. The monoisotopic (exact) mass is 325 g/mol. The summed E-state index contributed by atoms with van der Waals surface area (Å²) in [5.41, 5.74) is 2.64. The van der Waals surface area contributed by atoms with E-state index in [4.69, 9.17) is 11.6 Å². The minimum atomic E-state index is -0.154. The van der Waals surface area contributed by atoms with Gasteiger partial charge >= 0.3 is 0 Å². The minimum absolute atomic E-state index is 0.0988. The molecule has 3 nitrogen and oxygen atoms in total. The van der Waals surface area contributed by atoms with Gasteiger partial charge in [0.15, 0.2) is 11.6 Å². The highest BCUT2D eigenvalue weighted by Gasteiger charge is 2.34. The molecular formula is C19H16ClNO2. The molecular weight excluding hydrogens is 310 g/mol. The van der Waals surface area contributed by atoms with E-state index in [-0.39, 0.29) is 11.6 Å². The molecule has 116 valence electrons. The van der Waals surface area contributed by atoms with Crippen LogP contribution in [0.25, 0.3) is 0 Å². The highest BCUT2D eigenvalue weighted by molar-refractivity contribution is 6.39. The Morgan fingerprint density at radius 3 is 2.13 bits per heavy atom. The topological polar surface area (TPSA) is 37.4 Å². The van der Waals surface area contributed by atoms with E-state index < -0.39 is 0 Å². The fourth-order valence-corrected chi connectivity index (χ4v) is 3.84. The summed E-state index contributed by atoms with van der Waals surface area (Å²) < 4.78 is 0. The van der Waals surface area contributed by atoms with E-state index in [0.29, 0.717) is 27.3 Å². The van der Waals surface area contributed by atoms with E-state index in [1.165, 1.54) is 6.42 Å². The quantitative estimate of drug-likeness (QED) is 0.676. The molecule has 0 bridgehead atoms. The molecule has 1 aliphatic carbocycles. The van der Waals surface area contributed by atoms with Crippen LogP contribution < -0.4 is 4.90 Å². The lowest BCUT2D eigenvalue weighted by molar-refractivity contribution is 0.0979. The number of anilines is 1. The minimum Gasteiger partial charge on any atom is -0.371 e. The molecule has 1 aliphatic heterocycles. The van der Waals surface area contributed by atoms with Gasteiger partial charge in [-0.1, -0.05) is 35.9 Å². The Balaban J connectivity index is 1.91. The second kappa shape index (κ2) is 5.50. The first kappa shape index (κ1) is 14.5. The van der Waals surface area contributed by atoms with Crippen molar-refractivity contribution in [1.29, 1.82) is 0 Å². The van der Waals surface area contributed by atoms with Gasteiger partial charge in [0.05, 0.1) is 16.1 Å². The molecule has 2 aliphatic rings. The molecule has 0 amide bonds. The van der Waals surface area contributed by atoms with Crippen molar-refractivity contribution in [2.75, 3.05) is 18.0 Å². The Bertz CT molecular complexity index is 822. The van der Waals surface area contributed by atoms with Crippen molar-refractivity contribution in [2.24, 2.45) is 0 Å². The maximum Gasteiger partial charge on any atom is 0.196 e. The average Bonchev–Trinajstić information content (AvgIpc) is 2.59. The van der Waals surface area contributed by atoms with Gasteiger partial charge in [0.1, 0.15) is 0 Å². The second-order valence-electron chi connectivity index (χ2n) is 6.07. The number of nitrogens with zero attached hydrogens (tertiary/aromatic N) is 1. The molecule has 0 atom stereocenters. The summed E-state index contributed by atoms with van der Waals surface area (Å²) in [5.74, 6) is -0.252. The third-order valence-corrected chi connectivity index (χ3v) is 5.01. The van der Waals surface area contributed by atoms with E-state index in [2.05, 4.69) is 4.90 Å². The van der Waals surface area contributed by atoms with Crippen molar-refractivity contribution in [3.05, 3.63) is 63.7 Å². The third kappa shape index (κ3) is 2.19. The van der Waals surface area contributed by atoms with Gasteiger partial charge in [-0.2, -0.15) is 0 Å². The van der Waals surface area contributed by atoms with Gasteiger partial charge in [-0.15, -0.1) is 0 Å². The number of hydrogen-bond acceptors (Lipinski definition) is 3. The summed E-state index contributed by atoms with van der Waals surface area (Å²) in [4.78, 5) is 28.1. The van der Waals surface area contributed by atoms with Gasteiger partial charge < -0.3 is 4.90 Å². The lowest BCUT2D eigenvalue weighted by Gasteiger charge is -2.32. The second-order valence-corrected chi connectivity index (χ2v) is 6.48. The van der Waals surface area contributed by atoms with E-state index in [9.17, 15) is 9.59 Å². The largest absolute Gasteiger partial charge is 0.371 e. The molecule has 1 fully saturated rings. The van der Waals surface area contributed by atoms with Crippen LogP contribution in [0.1, 0.15) is 51.1 Å². The first-order valence-corrected chi connectivity index (χ1v) is 8.32. The van der Waals surface area contributed by atoms with Gasteiger partial charge in [0.25, 0.3) is 0 Å². The van der Waals surface area contributed by atoms with Crippen molar-refractivity contribution < 1.29 is 9.59 Å². The Labute approximate surface area is 139 Å². The molecule has 0 unspecified atom stereocenters. The fourth-order valence-electron chi connectivity index (χ4n) is 3.58. The van der Waals surface area contributed by atoms with Gasteiger partial charge in [0.2, 0.25) is 0 Å². The van der Waals surface area contributed by atoms with Crippen LogP contribution in [0.5, 0.6) is 0 Å². The molecule has 2 aromatic carbocycles. The van der Waals surface area contributed by atoms with E-state index in [1.54, 1.807) is 24.3 Å². The predicted octanol–water partition coefficient (Wildman–Crippen LogP) is 4.11. The Kier molecular flexibility index (Phi) is 3.46. The van der Waals surface area contributed by atoms with Crippen molar-refractivity contribution >= 4 is 28.9 Å². The number of ketones is 2. The summed E-state index contributed by atoms with van der Waals surface area (Å²) in [5, 5.41) is 0.342. The number of carbonyl (C=O) groups is 2. The average molecular weight is 326 g/mol. The van der Waals surface area contributed by atoms with Gasteiger partial charge in [-0.05, 0) is 31.4 Å². The Hall–Kier alpha value is -2.13. The lowest BCUT2D eigenvalue weighted by atomic mass is 9.83. The van der Waals surface area contributed by atoms with Crippen molar-refractivity contribution in [3.8, 4) is 0 Å². The summed E-state index contributed by atoms with van der Waals surface area (Å²) in [6, 6.07) is 10.6. The van der Waals surface area contributed by atoms with Crippen LogP contribution in [0.3, 0.4) is 0 Å². The fraction of sp³-hybridized carbons (Fsp3) is 0.263. The normalized spacial score (nSPS) is 17.0. The van der Waals surface area contributed by atoms with Crippen LogP contribution in [0.2, 0.25) is 5.02 Å². The standard InChI is InChI=1S/C19H16ClNO2/c20-14-8-4-6-12-16(14)18(22)13-7-5-9-15(17(13)19(12)23)21-10-2-1-3-11-21/h4-9H,1-3,10-11H2. The van der Waals surface area contributed by atoms with E-state index in [1.807, 2.05) is 12.1 Å². The lowest BCUT2D eigenvalue weighted by Crippen LogP contribution is -2.32. The molecule has 1 heterocycles. The summed E-state index contributed by atoms with van der Waals surface area (Å²) in [7, 11) is 0. The van der Waals surface area contributed by atoms with Gasteiger partial charge in [0, 0.05) is 29.9 Å². The van der Waals surface area contributed by atoms with E-state index >= 15 is 0 Å². The van der Waals surface area contributed by atoms with Crippen LogP contribution in [0.4, 0.5) is 5.69 Å². The zero-order valence-corrected chi connectivity index (χ0v) is 13.4. The van der Waals surface area contributed by atoms with Crippen LogP contribution >= 0.6 is 11.6 Å². The highest BCUT2D eigenvalue weighted by atomic mass is 35.5. The molecule has 0 aromatic heterocycles. The summed E-state index contributed by atoms with van der Waals surface area (Å²) >= 11 is 6.17. The first-order valence-electron chi connectivity index (χ1n) is 7.94. The summed E-state index contributed by atoms with van der Waals surface area (Å²) in [6.07, 6.45) is 3.46. The maximum absolute atomic E-state index is 13.0. The number of carbonyl (C=O) groups excluding carboxylic acids is 2.